The Hall–Kier alpha value is -2.96. The number of carbonyl (C=O) groups is 1. The van der Waals surface area contributed by atoms with E-state index in [1.54, 1.807) is 31.2 Å². The molecule has 0 spiro atoms. The number of piperidine rings is 1. The Kier molecular flexibility index (Phi) is 5.39. The van der Waals surface area contributed by atoms with Crippen molar-refractivity contribution in [3.63, 3.8) is 0 Å². The Bertz CT molecular complexity index is 877. The van der Waals surface area contributed by atoms with Gasteiger partial charge in [-0.2, -0.15) is 0 Å². The second-order valence-electron chi connectivity index (χ2n) is 7.05. The van der Waals surface area contributed by atoms with Crippen LogP contribution in [0.2, 0.25) is 0 Å². The van der Waals surface area contributed by atoms with E-state index < -0.39 is 16.6 Å². The fraction of sp³-hybridized carbons (Fsp3) is 0.350. The van der Waals surface area contributed by atoms with E-state index in [0.29, 0.717) is 22.9 Å². The summed E-state index contributed by atoms with van der Waals surface area (Å²) in [6, 6.07) is 8.86. The SMILES string of the molecule is Cc1ccc(NC(=O)c2ccc(N3CCC(C)CC3)c([N+](=O)[O-])c2)cc1F. The van der Waals surface area contributed by atoms with Crippen LogP contribution < -0.4 is 10.2 Å². The number of nitrogens with one attached hydrogen (secondary N) is 1. The predicted molar refractivity (Wildman–Crippen MR) is 103 cm³/mol. The molecule has 1 saturated heterocycles. The summed E-state index contributed by atoms with van der Waals surface area (Å²) < 4.78 is 13.6. The first-order chi connectivity index (χ1) is 12.8. The maximum Gasteiger partial charge on any atom is 0.293 e. The summed E-state index contributed by atoms with van der Waals surface area (Å²) in [7, 11) is 0. The van der Waals surface area contributed by atoms with Crippen molar-refractivity contribution in [3.05, 3.63) is 63.5 Å². The van der Waals surface area contributed by atoms with Gasteiger partial charge in [0.05, 0.1) is 4.92 Å². The zero-order chi connectivity index (χ0) is 19.6. The van der Waals surface area contributed by atoms with Crippen LogP contribution >= 0.6 is 0 Å². The number of halogens is 1. The number of hydrogen-bond donors (Lipinski definition) is 1. The second-order valence-corrected chi connectivity index (χ2v) is 7.05. The highest BCUT2D eigenvalue weighted by Gasteiger charge is 2.24. The van der Waals surface area contributed by atoms with Crippen LogP contribution in [-0.4, -0.2) is 23.9 Å². The van der Waals surface area contributed by atoms with Gasteiger partial charge in [0, 0.05) is 30.4 Å². The Morgan fingerprint density at radius 1 is 1.22 bits per heavy atom. The minimum absolute atomic E-state index is 0.0905. The van der Waals surface area contributed by atoms with Crippen LogP contribution in [0.3, 0.4) is 0 Å². The molecule has 2 aromatic carbocycles. The molecule has 2 aromatic rings. The third kappa shape index (κ3) is 4.24. The molecule has 1 heterocycles. The summed E-state index contributed by atoms with van der Waals surface area (Å²) >= 11 is 0. The first-order valence-corrected chi connectivity index (χ1v) is 8.96. The van der Waals surface area contributed by atoms with Crippen molar-refractivity contribution in [2.75, 3.05) is 23.3 Å². The molecule has 0 radical (unpaired) electrons. The van der Waals surface area contributed by atoms with Crippen LogP contribution in [0.25, 0.3) is 0 Å². The van der Waals surface area contributed by atoms with Crippen molar-refractivity contribution in [1.29, 1.82) is 0 Å². The number of benzene rings is 2. The van der Waals surface area contributed by atoms with Gasteiger partial charge in [0.15, 0.2) is 0 Å². The highest BCUT2D eigenvalue weighted by atomic mass is 19.1. The molecule has 1 aliphatic rings. The van der Waals surface area contributed by atoms with Gasteiger partial charge in [-0.15, -0.1) is 0 Å². The van der Waals surface area contributed by atoms with Crippen LogP contribution in [0.1, 0.15) is 35.7 Å². The van der Waals surface area contributed by atoms with E-state index in [9.17, 15) is 19.3 Å². The predicted octanol–water partition coefficient (Wildman–Crippen LogP) is 4.53. The number of amides is 1. The molecular formula is C20H22FN3O3. The monoisotopic (exact) mass is 371 g/mol. The summed E-state index contributed by atoms with van der Waals surface area (Å²) in [5.74, 6) is -0.325. The van der Waals surface area contributed by atoms with Gasteiger partial charge in [-0.1, -0.05) is 13.0 Å². The van der Waals surface area contributed by atoms with Gasteiger partial charge in [0.2, 0.25) is 0 Å². The smallest absolute Gasteiger partial charge is 0.293 e. The highest BCUT2D eigenvalue weighted by molar-refractivity contribution is 6.05. The van der Waals surface area contributed by atoms with Gasteiger partial charge in [-0.05, 0) is 55.5 Å². The molecule has 0 atom stereocenters. The Labute approximate surface area is 157 Å². The summed E-state index contributed by atoms with van der Waals surface area (Å²) in [5, 5.41) is 14.1. The largest absolute Gasteiger partial charge is 0.366 e. The van der Waals surface area contributed by atoms with E-state index in [1.165, 1.54) is 12.1 Å². The van der Waals surface area contributed by atoms with Crippen molar-refractivity contribution in [1.82, 2.24) is 0 Å². The lowest BCUT2D eigenvalue weighted by Crippen LogP contribution is -2.33. The topological polar surface area (TPSA) is 75.5 Å². The number of aryl methyl sites for hydroxylation is 1. The summed E-state index contributed by atoms with van der Waals surface area (Å²) in [5.41, 5.74) is 1.39. The number of anilines is 2. The molecule has 3 rings (SSSR count). The molecule has 27 heavy (non-hydrogen) atoms. The molecule has 0 bridgehead atoms. The highest BCUT2D eigenvalue weighted by Crippen LogP contribution is 2.32. The molecule has 0 aromatic heterocycles. The van der Waals surface area contributed by atoms with Crippen molar-refractivity contribution in [3.8, 4) is 0 Å². The summed E-state index contributed by atoms with van der Waals surface area (Å²) in [6.45, 7) is 5.32. The first kappa shape index (κ1) is 18.8. The van der Waals surface area contributed by atoms with Crippen molar-refractivity contribution >= 4 is 23.0 Å². The third-order valence-corrected chi connectivity index (χ3v) is 4.99. The van der Waals surface area contributed by atoms with Crippen LogP contribution in [0.5, 0.6) is 0 Å². The standard InChI is InChI=1S/C20H22FN3O3/c1-13-7-9-23(10-8-13)18-6-4-15(11-19(18)24(26)27)20(25)22-16-5-3-14(2)17(21)12-16/h3-6,11-13H,7-10H2,1-2H3,(H,22,25). The number of nitro benzene ring substituents is 1. The number of rotatable bonds is 4. The van der Waals surface area contributed by atoms with E-state index in [-0.39, 0.29) is 11.3 Å². The van der Waals surface area contributed by atoms with E-state index in [1.807, 2.05) is 4.90 Å². The summed E-state index contributed by atoms with van der Waals surface area (Å²) in [6.07, 6.45) is 1.97. The summed E-state index contributed by atoms with van der Waals surface area (Å²) in [4.78, 5) is 25.5. The Balaban J connectivity index is 1.83. The average Bonchev–Trinajstić information content (AvgIpc) is 2.65. The van der Waals surface area contributed by atoms with Crippen LogP contribution in [0.15, 0.2) is 36.4 Å². The number of carbonyl (C=O) groups excluding carboxylic acids is 1. The maximum absolute atomic E-state index is 13.6. The number of nitrogens with zero attached hydrogens (tertiary/aromatic N) is 2. The van der Waals surface area contributed by atoms with Gasteiger partial charge < -0.3 is 10.2 Å². The number of hydrogen-bond acceptors (Lipinski definition) is 4. The van der Waals surface area contributed by atoms with Crippen molar-refractivity contribution in [2.45, 2.75) is 26.7 Å². The lowest BCUT2D eigenvalue weighted by molar-refractivity contribution is -0.384. The van der Waals surface area contributed by atoms with E-state index in [2.05, 4.69) is 12.2 Å². The lowest BCUT2D eigenvalue weighted by atomic mass is 9.98. The molecule has 1 aliphatic heterocycles. The molecule has 0 aliphatic carbocycles. The van der Waals surface area contributed by atoms with Crippen LogP contribution in [-0.2, 0) is 0 Å². The second kappa shape index (κ2) is 7.73. The fourth-order valence-electron chi connectivity index (χ4n) is 3.20. The van der Waals surface area contributed by atoms with E-state index in [4.69, 9.17) is 0 Å². The normalized spacial score (nSPS) is 14.9. The average molecular weight is 371 g/mol. The van der Waals surface area contributed by atoms with Gasteiger partial charge in [0.25, 0.3) is 11.6 Å². The molecular weight excluding hydrogens is 349 g/mol. The van der Waals surface area contributed by atoms with Gasteiger partial charge in [-0.3, -0.25) is 14.9 Å². The van der Waals surface area contributed by atoms with Gasteiger partial charge in [-0.25, -0.2) is 4.39 Å². The first-order valence-electron chi connectivity index (χ1n) is 8.96. The molecule has 7 heteroatoms. The van der Waals surface area contributed by atoms with Crippen LogP contribution in [0, 0.1) is 28.8 Å². The molecule has 1 amide bonds. The molecule has 1 N–H and O–H groups in total. The molecule has 0 saturated carbocycles. The minimum Gasteiger partial charge on any atom is -0.366 e. The molecule has 1 fully saturated rings. The van der Waals surface area contributed by atoms with Gasteiger partial charge >= 0.3 is 0 Å². The van der Waals surface area contributed by atoms with Crippen LogP contribution in [0.4, 0.5) is 21.5 Å². The van der Waals surface area contributed by atoms with Gasteiger partial charge in [0.1, 0.15) is 11.5 Å². The molecule has 6 nitrogen and oxygen atoms in total. The van der Waals surface area contributed by atoms with E-state index >= 15 is 0 Å². The quantitative estimate of drug-likeness (QED) is 0.633. The minimum atomic E-state index is -0.514. The number of nitro groups is 1. The zero-order valence-electron chi connectivity index (χ0n) is 15.4. The van der Waals surface area contributed by atoms with E-state index in [0.717, 1.165) is 25.9 Å². The van der Waals surface area contributed by atoms with Crippen molar-refractivity contribution in [2.24, 2.45) is 5.92 Å². The fourth-order valence-corrected chi connectivity index (χ4v) is 3.20. The maximum atomic E-state index is 13.6. The Morgan fingerprint density at radius 3 is 2.56 bits per heavy atom. The zero-order valence-corrected chi connectivity index (χ0v) is 15.4. The Morgan fingerprint density at radius 2 is 1.93 bits per heavy atom. The van der Waals surface area contributed by atoms with Crippen molar-refractivity contribution < 1.29 is 14.1 Å². The lowest BCUT2D eigenvalue weighted by Gasteiger charge is -2.31. The third-order valence-electron chi connectivity index (χ3n) is 4.99. The molecule has 142 valence electrons. The molecule has 0 unspecified atom stereocenters.